The summed E-state index contributed by atoms with van der Waals surface area (Å²) in [4.78, 5) is 12.8. The number of amides is 1. The molecule has 1 N–H and O–H groups in total. The number of aromatic nitrogens is 2. The molecule has 132 valence electrons. The molecule has 2 aromatic carbocycles. The topological polar surface area (TPSA) is 46.9 Å². The Kier molecular flexibility index (Phi) is 4.33. The third kappa shape index (κ3) is 3.27. The van der Waals surface area contributed by atoms with Crippen LogP contribution in [0.1, 0.15) is 50.9 Å². The second-order valence-corrected chi connectivity index (χ2v) is 7.05. The highest BCUT2D eigenvalue weighted by Crippen LogP contribution is 2.30. The van der Waals surface area contributed by atoms with Crippen LogP contribution in [0.4, 0.5) is 0 Å². The first-order valence-corrected chi connectivity index (χ1v) is 9.09. The standard InChI is InChI=1S/C22H23N3O/c1-15-12-16(2)25(24-15)14-17-6-5-8-19(13-17)22(26)23-21-11-10-18-7-3-4-9-20(18)21/h3-9,12-13,21H,10-11,14H2,1-2H3,(H,23,26)/t21-/m0/s1. The molecule has 1 aliphatic rings. The third-order valence-electron chi connectivity index (χ3n) is 5.06. The molecule has 1 heterocycles. The number of nitrogens with zero attached hydrogens (tertiary/aromatic N) is 2. The highest BCUT2D eigenvalue weighted by Gasteiger charge is 2.23. The molecule has 3 aromatic rings. The van der Waals surface area contributed by atoms with E-state index in [4.69, 9.17) is 0 Å². The van der Waals surface area contributed by atoms with E-state index < -0.39 is 0 Å². The Morgan fingerprint density at radius 2 is 2.00 bits per heavy atom. The lowest BCUT2D eigenvalue weighted by molar-refractivity contribution is 0.0936. The number of aryl methyl sites for hydroxylation is 3. The number of nitrogens with one attached hydrogen (secondary N) is 1. The number of carbonyl (C=O) groups excluding carboxylic acids is 1. The lowest BCUT2D eigenvalue weighted by Gasteiger charge is -2.15. The number of benzene rings is 2. The molecule has 0 saturated carbocycles. The summed E-state index contributed by atoms with van der Waals surface area (Å²) >= 11 is 0. The Balaban J connectivity index is 1.50. The third-order valence-corrected chi connectivity index (χ3v) is 5.06. The van der Waals surface area contributed by atoms with Gasteiger partial charge in [-0.1, -0.05) is 36.4 Å². The van der Waals surface area contributed by atoms with E-state index in [0.717, 1.165) is 29.8 Å². The van der Waals surface area contributed by atoms with Crippen LogP contribution in [-0.2, 0) is 13.0 Å². The quantitative estimate of drug-likeness (QED) is 0.778. The molecule has 1 amide bonds. The van der Waals surface area contributed by atoms with Crippen molar-refractivity contribution in [2.45, 2.75) is 39.3 Å². The Labute approximate surface area is 153 Å². The van der Waals surface area contributed by atoms with Gasteiger partial charge in [0.2, 0.25) is 0 Å². The molecule has 26 heavy (non-hydrogen) atoms. The molecule has 4 heteroatoms. The Bertz CT molecular complexity index is 958. The summed E-state index contributed by atoms with van der Waals surface area (Å²) in [5.74, 6) is -0.0121. The van der Waals surface area contributed by atoms with Crippen LogP contribution in [0, 0.1) is 13.8 Å². The Hall–Kier alpha value is -2.88. The van der Waals surface area contributed by atoms with Gasteiger partial charge >= 0.3 is 0 Å². The molecule has 0 saturated heterocycles. The van der Waals surface area contributed by atoms with Gasteiger partial charge < -0.3 is 5.32 Å². The summed E-state index contributed by atoms with van der Waals surface area (Å²) in [6, 6.07) is 18.4. The molecule has 0 spiro atoms. The van der Waals surface area contributed by atoms with Gasteiger partial charge in [-0.3, -0.25) is 9.48 Å². The zero-order chi connectivity index (χ0) is 18.1. The highest BCUT2D eigenvalue weighted by molar-refractivity contribution is 5.94. The first-order valence-electron chi connectivity index (χ1n) is 9.09. The second kappa shape index (κ2) is 6.79. The summed E-state index contributed by atoms with van der Waals surface area (Å²) in [7, 11) is 0. The van der Waals surface area contributed by atoms with Crippen LogP contribution in [0.25, 0.3) is 0 Å². The smallest absolute Gasteiger partial charge is 0.251 e. The van der Waals surface area contributed by atoms with Gasteiger partial charge in [0.25, 0.3) is 5.91 Å². The molecule has 0 radical (unpaired) electrons. The zero-order valence-electron chi connectivity index (χ0n) is 15.2. The van der Waals surface area contributed by atoms with Gasteiger partial charge in [0.15, 0.2) is 0 Å². The van der Waals surface area contributed by atoms with E-state index in [0.29, 0.717) is 12.1 Å². The van der Waals surface area contributed by atoms with E-state index in [1.165, 1.54) is 11.1 Å². The van der Waals surface area contributed by atoms with Gasteiger partial charge in [0.1, 0.15) is 0 Å². The minimum Gasteiger partial charge on any atom is -0.345 e. The van der Waals surface area contributed by atoms with Crippen LogP contribution in [0.5, 0.6) is 0 Å². The van der Waals surface area contributed by atoms with E-state index in [1.54, 1.807) is 0 Å². The molecule has 1 aromatic heterocycles. The van der Waals surface area contributed by atoms with Gasteiger partial charge in [0, 0.05) is 11.3 Å². The fraction of sp³-hybridized carbons (Fsp3) is 0.273. The lowest BCUT2D eigenvalue weighted by Crippen LogP contribution is -2.27. The molecule has 1 aliphatic carbocycles. The second-order valence-electron chi connectivity index (χ2n) is 7.05. The average molecular weight is 345 g/mol. The van der Waals surface area contributed by atoms with Crippen molar-refractivity contribution in [2.75, 3.05) is 0 Å². The molecule has 0 aliphatic heterocycles. The first kappa shape index (κ1) is 16.6. The summed E-state index contributed by atoms with van der Waals surface area (Å²) in [5, 5.41) is 7.70. The van der Waals surface area contributed by atoms with Crippen molar-refractivity contribution in [1.29, 1.82) is 0 Å². The van der Waals surface area contributed by atoms with Crippen molar-refractivity contribution in [2.24, 2.45) is 0 Å². The van der Waals surface area contributed by atoms with Crippen LogP contribution < -0.4 is 5.32 Å². The fourth-order valence-electron chi connectivity index (χ4n) is 3.77. The van der Waals surface area contributed by atoms with E-state index in [1.807, 2.05) is 48.9 Å². The SMILES string of the molecule is Cc1cc(C)n(Cc2cccc(C(=O)N[C@H]3CCc4ccccc43)c2)n1. The van der Waals surface area contributed by atoms with Crippen LogP contribution in [0.15, 0.2) is 54.6 Å². The van der Waals surface area contributed by atoms with Crippen molar-refractivity contribution >= 4 is 5.91 Å². The highest BCUT2D eigenvalue weighted by atomic mass is 16.1. The maximum atomic E-state index is 12.8. The number of hydrogen-bond acceptors (Lipinski definition) is 2. The predicted octanol–water partition coefficient (Wildman–Crippen LogP) is 3.97. The van der Waals surface area contributed by atoms with Crippen LogP contribution >= 0.6 is 0 Å². The van der Waals surface area contributed by atoms with E-state index in [9.17, 15) is 4.79 Å². The average Bonchev–Trinajstić information content (AvgIpc) is 3.18. The van der Waals surface area contributed by atoms with Crippen molar-refractivity contribution < 1.29 is 4.79 Å². The monoisotopic (exact) mass is 345 g/mol. The molecule has 4 rings (SSSR count). The minimum absolute atomic E-state index is 0.0121. The van der Waals surface area contributed by atoms with Gasteiger partial charge in [-0.25, -0.2) is 0 Å². The Morgan fingerprint density at radius 1 is 1.15 bits per heavy atom. The predicted molar refractivity (Wildman–Crippen MR) is 102 cm³/mol. The molecule has 0 bridgehead atoms. The van der Waals surface area contributed by atoms with Crippen molar-refractivity contribution in [3.8, 4) is 0 Å². The molecular weight excluding hydrogens is 322 g/mol. The molecule has 4 nitrogen and oxygen atoms in total. The molecule has 0 fully saturated rings. The summed E-state index contributed by atoms with van der Waals surface area (Å²) in [6.45, 7) is 4.72. The van der Waals surface area contributed by atoms with Crippen LogP contribution in [0.2, 0.25) is 0 Å². The lowest BCUT2D eigenvalue weighted by atomic mass is 10.1. The van der Waals surface area contributed by atoms with Gasteiger partial charge in [-0.05, 0) is 61.6 Å². The minimum atomic E-state index is -0.0121. The van der Waals surface area contributed by atoms with Gasteiger partial charge in [-0.15, -0.1) is 0 Å². The van der Waals surface area contributed by atoms with Crippen molar-refractivity contribution in [3.05, 3.63) is 88.2 Å². The van der Waals surface area contributed by atoms with E-state index in [-0.39, 0.29) is 11.9 Å². The normalized spacial score (nSPS) is 15.7. The largest absolute Gasteiger partial charge is 0.345 e. The van der Waals surface area contributed by atoms with Gasteiger partial charge in [0.05, 0.1) is 18.3 Å². The number of carbonyl (C=O) groups is 1. The maximum absolute atomic E-state index is 12.8. The van der Waals surface area contributed by atoms with Crippen LogP contribution in [0.3, 0.4) is 0 Å². The maximum Gasteiger partial charge on any atom is 0.251 e. The first-order chi connectivity index (χ1) is 12.6. The number of hydrogen-bond donors (Lipinski definition) is 1. The molecule has 1 atom stereocenters. The summed E-state index contributed by atoms with van der Waals surface area (Å²) in [6.07, 6.45) is 2.00. The van der Waals surface area contributed by atoms with Crippen molar-refractivity contribution in [3.63, 3.8) is 0 Å². The molecule has 0 unspecified atom stereocenters. The zero-order valence-corrected chi connectivity index (χ0v) is 15.2. The number of rotatable bonds is 4. The Morgan fingerprint density at radius 3 is 2.81 bits per heavy atom. The molecular formula is C22H23N3O. The van der Waals surface area contributed by atoms with E-state index in [2.05, 4.69) is 34.7 Å². The van der Waals surface area contributed by atoms with E-state index >= 15 is 0 Å². The summed E-state index contributed by atoms with van der Waals surface area (Å²) in [5.41, 5.74) is 6.51. The fourth-order valence-corrected chi connectivity index (χ4v) is 3.77. The van der Waals surface area contributed by atoms with Crippen LogP contribution in [-0.4, -0.2) is 15.7 Å². The van der Waals surface area contributed by atoms with Gasteiger partial charge in [-0.2, -0.15) is 5.10 Å². The van der Waals surface area contributed by atoms with Crippen molar-refractivity contribution in [1.82, 2.24) is 15.1 Å². The number of fused-ring (bicyclic) bond motifs is 1. The summed E-state index contributed by atoms with van der Waals surface area (Å²) < 4.78 is 1.97.